The van der Waals surface area contributed by atoms with Gasteiger partial charge in [-0.2, -0.15) is 0 Å². The minimum Gasteiger partial charge on any atom is -0.477 e. The maximum Gasteiger partial charge on any atom is 0.345 e. The number of pyridine rings is 1. The summed E-state index contributed by atoms with van der Waals surface area (Å²) in [6.45, 7) is 2.02. The van der Waals surface area contributed by atoms with Crippen molar-refractivity contribution in [2.75, 3.05) is 0 Å². The SMILES string of the molecule is Cc1cc2ccccc2nc1Sc1csc(C(=O)O)c1. The monoisotopic (exact) mass is 301 g/mol. The Morgan fingerprint density at radius 2 is 2.10 bits per heavy atom. The van der Waals surface area contributed by atoms with Gasteiger partial charge in [0.25, 0.3) is 0 Å². The number of para-hydroxylation sites is 1. The van der Waals surface area contributed by atoms with Crippen LogP contribution in [-0.4, -0.2) is 16.1 Å². The van der Waals surface area contributed by atoms with Crippen LogP contribution in [0.25, 0.3) is 10.9 Å². The molecule has 1 aromatic carbocycles. The average Bonchev–Trinajstić information content (AvgIpc) is 2.88. The number of hydrogen-bond donors (Lipinski definition) is 1. The molecule has 3 rings (SSSR count). The minimum absolute atomic E-state index is 0.353. The number of benzene rings is 1. The number of carboxylic acids is 1. The Bertz CT molecular complexity index is 795. The van der Waals surface area contributed by atoms with Gasteiger partial charge in [-0.15, -0.1) is 11.3 Å². The Kier molecular flexibility index (Phi) is 3.46. The number of carbonyl (C=O) groups is 1. The summed E-state index contributed by atoms with van der Waals surface area (Å²) in [5, 5.41) is 12.8. The number of aromatic carboxylic acids is 1. The van der Waals surface area contributed by atoms with Crippen molar-refractivity contribution in [3.8, 4) is 0 Å². The Hall–Kier alpha value is -1.85. The molecule has 0 saturated carbocycles. The third kappa shape index (κ3) is 2.55. The molecule has 1 N–H and O–H groups in total. The van der Waals surface area contributed by atoms with Crippen molar-refractivity contribution in [1.29, 1.82) is 0 Å². The minimum atomic E-state index is -0.884. The highest BCUT2D eigenvalue weighted by molar-refractivity contribution is 7.99. The molecule has 0 unspecified atom stereocenters. The second-order valence-electron chi connectivity index (χ2n) is 4.36. The van der Waals surface area contributed by atoms with Crippen LogP contribution < -0.4 is 0 Å². The first kappa shape index (κ1) is 13.1. The van der Waals surface area contributed by atoms with Crippen LogP contribution >= 0.6 is 23.1 Å². The second kappa shape index (κ2) is 5.26. The Balaban J connectivity index is 1.97. The average molecular weight is 301 g/mol. The highest BCUT2D eigenvalue weighted by Gasteiger charge is 2.10. The van der Waals surface area contributed by atoms with E-state index >= 15 is 0 Å². The third-order valence-corrected chi connectivity index (χ3v) is 5.01. The summed E-state index contributed by atoms with van der Waals surface area (Å²) in [7, 11) is 0. The normalized spacial score (nSPS) is 10.8. The number of nitrogens with zero attached hydrogens (tertiary/aromatic N) is 1. The number of hydrogen-bond acceptors (Lipinski definition) is 4. The molecule has 0 fully saturated rings. The van der Waals surface area contributed by atoms with Crippen LogP contribution in [0.4, 0.5) is 0 Å². The van der Waals surface area contributed by atoms with E-state index in [0.29, 0.717) is 4.88 Å². The molecule has 0 amide bonds. The number of carboxylic acid groups (broad SMARTS) is 1. The van der Waals surface area contributed by atoms with Gasteiger partial charge in [0.2, 0.25) is 0 Å². The van der Waals surface area contributed by atoms with Gasteiger partial charge in [0.15, 0.2) is 0 Å². The molecule has 0 bridgehead atoms. The van der Waals surface area contributed by atoms with E-state index in [1.165, 1.54) is 23.1 Å². The quantitative estimate of drug-likeness (QED) is 0.776. The van der Waals surface area contributed by atoms with Gasteiger partial charge in [-0.3, -0.25) is 0 Å². The molecule has 0 spiro atoms. The topological polar surface area (TPSA) is 50.2 Å². The van der Waals surface area contributed by atoms with E-state index in [4.69, 9.17) is 5.11 Å². The van der Waals surface area contributed by atoms with E-state index in [9.17, 15) is 4.79 Å². The molecule has 0 aliphatic heterocycles. The number of rotatable bonds is 3. The van der Waals surface area contributed by atoms with Crippen molar-refractivity contribution < 1.29 is 9.90 Å². The van der Waals surface area contributed by atoms with Crippen LogP contribution in [0.15, 0.2) is 51.7 Å². The molecule has 0 saturated heterocycles. The lowest BCUT2D eigenvalue weighted by molar-refractivity contribution is 0.0702. The van der Waals surface area contributed by atoms with E-state index in [1.54, 1.807) is 6.07 Å². The Labute approximate surface area is 124 Å². The predicted octanol–water partition coefficient (Wildman–Crippen LogP) is 4.45. The van der Waals surface area contributed by atoms with Crippen molar-refractivity contribution in [2.45, 2.75) is 16.8 Å². The summed E-state index contributed by atoms with van der Waals surface area (Å²) in [5.74, 6) is -0.884. The number of thiophene rings is 1. The summed E-state index contributed by atoms with van der Waals surface area (Å²) in [6, 6.07) is 11.8. The molecule has 100 valence electrons. The molecule has 0 atom stereocenters. The fourth-order valence-electron chi connectivity index (χ4n) is 1.90. The molecule has 5 heteroatoms. The molecule has 2 aromatic heterocycles. The predicted molar refractivity (Wildman–Crippen MR) is 81.9 cm³/mol. The summed E-state index contributed by atoms with van der Waals surface area (Å²) in [5.41, 5.74) is 2.05. The van der Waals surface area contributed by atoms with E-state index in [2.05, 4.69) is 11.1 Å². The number of fused-ring (bicyclic) bond motifs is 1. The molecule has 20 heavy (non-hydrogen) atoms. The highest BCUT2D eigenvalue weighted by Crippen LogP contribution is 2.33. The molecule has 0 radical (unpaired) electrons. The summed E-state index contributed by atoms with van der Waals surface area (Å²) >= 11 is 2.74. The largest absolute Gasteiger partial charge is 0.477 e. The van der Waals surface area contributed by atoms with Gasteiger partial charge in [-0.25, -0.2) is 9.78 Å². The lowest BCUT2D eigenvalue weighted by Gasteiger charge is -2.05. The van der Waals surface area contributed by atoms with Gasteiger partial charge < -0.3 is 5.11 Å². The van der Waals surface area contributed by atoms with Crippen molar-refractivity contribution in [3.63, 3.8) is 0 Å². The van der Waals surface area contributed by atoms with E-state index in [0.717, 1.165) is 26.4 Å². The van der Waals surface area contributed by atoms with E-state index in [1.807, 2.05) is 36.6 Å². The summed E-state index contributed by atoms with van der Waals surface area (Å²) < 4.78 is 0. The van der Waals surface area contributed by atoms with Crippen molar-refractivity contribution >= 4 is 40.0 Å². The lowest BCUT2D eigenvalue weighted by Crippen LogP contribution is -1.90. The zero-order valence-electron chi connectivity index (χ0n) is 10.7. The third-order valence-electron chi connectivity index (χ3n) is 2.87. The second-order valence-corrected chi connectivity index (χ2v) is 6.33. The summed E-state index contributed by atoms with van der Waals surface area (Å²) in [6.07, 6.45) is 0. The standard InChI is InChI=1S/C15H11NO2S2/c1-9-6-10-4-2-3-5-12(10)16-14(9)20-11-7-13(15(17)18)19-8-11/h2-8H,1H3,(H,17,18). The highest BCUT2D eigenvalue weighted by atomic mass is 32.2. The van der Waals surface area contributed by atoms with Gasteiger partial charge in [0, 0.05) is 15.7 Å². The molecule has 2 heterocycles. The van der Waals surface area contributed by atoms with E-state index < -0.39 is 5.97 Å². The van der Waals surface area contributed by atoms with Gasteiger partial charge in [0.05, 0.1) is 5.52 Å². The van der Waals surface area contributed by atoms with Crippen LogP contribution in [-0.2, 0) is 0 Å². The smallest absolute Gasteiger partial charge is 0.345 e. The fourth-order valence-corrected chi connectivity index (χ4v) is 3.69. The van der Waals surface area contributed by atoms with Crippen molar-refractivity contribution in [2.24, 2.45) is 0 Å². The maximum atomic E-state index is 10.9. The van der Waals surface area contributed by atoms with Crippen LogP contribution in [0.2, 0.25) is 0 Å². The molecule has 0 aliphatic carbocycles. The Morgan fingerprint density at radius 1 is 1.30 bits per heavy atom. The first-order valence-electron chi connectivity index (χ1n) is 5.99. The van der Waals surface area contributed by atoms with E-state index in [-0.39, 0.29) is 0 Å². The molecular formula is C15H11NO2S2. The molecule has 3 nitrogen and oxygen atoms in total. The lowest BCUT2D eigenvalue weighted by atomic mass is 10.2. The van der Waals surface area contributed by atoms with Gasteiger partial charge in [-0.05, 0) is 30.7 Å². The van der Waals surface area contributed by atoms with Gasteiger partial charge in [-0.1, -0.05) is 30.0 Å². The molecular weight excluding hydrogens is 290 g/mol. The zero-order valence-corrected chi connectivity index (χ0v) is 12.3. The van der Waals surface area contributed by atoms with Crippen LogP contribution in [0.5, 0.6) is 0 Å². The van der Waals surface area contributed by atoms with Gasteiger partial charge >= 0.3 is 5.97 Å². The van der Waals surface area contributed by atoms with Crippen LogP contribution in [0, 0.1) is 6.92 Å². The maximum absolute atomic E-state index is 10.9. The molecule has 0 aliphatic rings. The van der Waals surface area contributed by atoms with Crippen LogP contribution in [0.3, 0.4) is 0 Å². The van der Waals surface area contributed by atoms with Crippen LogP contribution in [0.1, 0.15) is 15.2 Å². The first-order chi connectivity index (χ1) is 9.63. The zero-order chi connectivity index (χ0) is 14.1. The fraction of sp³-hybridized carbons (Fsp3) is 0.0667. The number of aryl methyl sites for hydroxylation is 1. The number of aromatic nitrogens is 1. The first-order valence-corrected chi connectivity index (χ1v) is 7.69. The van der Waals surface area contributed by atoms with Crippen molar-refractivity contribution in [3.05, 3.63) is 52.2 Å². The van der Waals surface area contributed by atoms with Crippen molar-refractivity contribution in [1.82, 2.24) is 4.98 Å². The molecule has 3 aromatic rings. The van der Waals surface area contributed by atoms with Gasteiger partial charge in [0.1, 0.15) is 9.90 Å². The summed E-state index contributed by atoms with van der Waals surface area (Å²) in [4.78, 5) is 16.8. The Morgan fingerprint density at radius 3 is 2.85 bits per heavy atom.